The van der Waals surface area contributed by atoms with Crippen LogP contribution in [0.25, 0.3) is 0 Å². The molecule has 2 aliphatic heterocycles. The van der Waals surface area contributed by atoms with Crippen molar-refractivity contribution in [2.75, 3.05) is 26.7 Å². The van der Waals surface area contributed by atoms with Gasteiger partial charge in [0.05, 0.1) is 19.4 Å². The maximum Gasteiger partial charge on any atom is 0.289 e. The quantitative estimate of drug-likeness (QED) is 0.812. The van der Waals surface area contributed by atoms with Crippen molar-refractivity contribution in [2.24, 2.45) is 5.92 Å². The Labute approximate surface area is 165 Å². The largest absolute Gasteiger partial charge is 0.497 e. The predicted molar refractivity (Wildman–Crippen MR) is 104 cm³/mol. The van der Waals surface area contributed by atoms with Gasteiger partial charge in [0, 0.05) is 25.6 Å². The second-order valence-electron chi connectivity index (χ2n) is 7.51. The Morgan fingerprint density at radius 3 is 2.43 bits per heavy atom. The summed E-state index contributed by atoms with van der Waals surface area (Å²) < 4.78 is 10.4. The molecule has 0 N–H and O–H groups in total. The summed E-state index contributed by atoms with van der Waals surface area (Å²) in [5.74, 6) is 1.31. The van der Waals surface area contributed by atoms with Gasteiger partial charge in [-0.3, -0.25) is 9.59 Å². The Morgan fingerprint density at radius 2 is 1.79 bits per heavy atom. The van der Waals surface area contributed by atoms with E-state index in [-0.39, 0.29) is 23.8 Å². The van der Waals surface area contributed by atoms with Gasteiger partial charge in [-0.25, -0.2) is 0 Å². The second-order valence-corrected chi connectivity index (χ2v) is 7.51. The van der Waals surface area contributed by atoms with Crippen molar-refractivity contribution in [2.45, 2.75) is 31.7 Å². The molecular weight excluding hydrogens is 356 g/mol. The molecule has 2 saturated heterocycles. The molecule has 28 heavy (non-hydrogen) atoms. The zero-order valence-electron chi connectivity index (χ0n) is 16.2. The van der Waals surface area contributed by atoms with Gasteiger partial charge >= 0.3 is 0 Å². The lowest BCUT2D eigenvalue weighted by Gasteiger charge is -2.34. The van der Waals surface area contributed by atoms with Crippen LogP contribution in [-0.4, -0.2) is 48.4 Å². The summed E-state index contributed by atoms with van der Waals surface area (Å²) in [6.45, 7) is 2.00. The number of hydrogen-bond donors (Lipinski definition) is 0. The Bertz CT molecular complexity index is 808. The zero-order chi connectivity index (χ0) is 19.5. The summed E-state index contributed by atoms with van der Waals surface area (Å²) in [4.78, 5) is 29.4. The molecule has 3 heterocycles. The molecular formula is C22H26N2O4. The van der Waals surface area contributed by atoms with Gasteiger partial charge in [0.2, 0.25) is 5.91 Å². The molecule has 2 amide bonds. The van der Waals surface area contributed by atoms with E-state index in [1.165, 1.54) is 6.26 Å². The molecule has 1 unspecified atom stereocenters. The van der Waals surface area contributed by atoms with Crippen LogP contribution < -0.4 is 4.74 Å². The molecule has 6 heteroatoms. The van der Waals surface area contributed by atoms with Gasteiger partial charge in [-0.1, -0.05) is 12.1 Å². The number of ether oxygens (including phenoxy) is 1. The second kappa shape index (κ2) is 8.09. The lowest BCUT2D eigenvalue weighted by molar-refractivity contribution is -0.137. The highest BCUT2D eigenvalue weighted by molar-refractivity contribution is 5.91. The molecule has 4 rings (SSSR count). The van der Waals surface area contributed by atoms with E-state index in [9.17, 15) is 9.59 Å². The van der Waals surface area contributed by atoms with E-state index in [1.807, 2.05) is 17.0 Å². The maximum atomic E-state index is 13.2. The smallest absolute Gasteiger partial charge is 0.289 e. The number of likely N-dealkylation sites (tertiary alicyclic amines) is 2. The Kier molecular flexibility index (Phi) is 5.37. The third-order valence-electron chi connectivity index (χ3n) is 5.90. The third-order valence-corrected chi connectivity index (χ3v) is 5.90. The number of methoxy groups -OCH3 is 1. The number of carbonyl (C=O) groups is 2. The molecule has 2 aliphatic rings. The number of nitrogens with zero attached hydrogens (tertiary/aromatic N) is 2. The van der Waals surface area contributed by atoms with Crippen LogP contribution in [-0.2, 0) is 4.79 Å². The van der Waals surface area contributed by atoms with E-state index < -0.39 is 0 Å². The van der Waals surface area contributed by atoms with Crippen molar-refractivity contribution in [3.63, 3.8) is 0 Å². The van der Waals surface area contributed by atoms with E-state index in [0.29, 0.717) is 31.7 Å². The highest BCUT2D eigenvalue weighted by Gasteiger charge is 2.36. The summed E-state index contributed by atoms with van der Waals surface area (Å²) >= 11 is 0. The van der Waals surface area contributed by atoms with Gasteiger partial charge < -0.3 is 19.0 Å². The number of benzene rings is 1. The van der Waals surface area contributed by atoms with Crippen molar-refractivity contribution in [3.05, 3.63) is 54.0 Å². The van der Waals surface area contributed by atoms with E-state index in [0.717, 1.165) is 30.7 Å². The lowest BCUT2D eigenvalue weighted by atomic mass is 9.94. The highest BCUT2D eigenvalue weighted by Crippen LogP contribution is 2.35. The van der Waals surface area contributed by atoms with E-state index in [1.54, 1.807) is 24.1 Å². The Balaban J connectivity index is 1.38. The lowest BCUT2D eigenvalue weighted by Crippen LogP contribution is -2.44. The molecule has 1 aromatic heterocycles. The first kappa shape index (κ1) is 18.6. The molecule has 1 atom stereocenters. The molecule has 1 aromatic carbocycles. The zero-order valence-corrected chi connectivity index (χ0v) is 16.2. The minimum absolute atomic E-state index is 0.0144. The van der Waals surface area contributed by atoms with Crippen LogP contribution in [0.1, 0.15) is 47.8 Å². The average Bonchev–Trinajstić information content (AvgIpc) is 3.45. The van der Waals surface area contributed by atoms with Crippen LogP contribution in [0.2, 0.25) is 0 Å². The SMILES string of the molecule is COc1ccc(C2CCCN2C(=O)C2CCN(C(=O)c3ccco3)CC2)cc1. The van der Waals surface area contributed by atoms with Gasteiger partial charge in [0.1, 0.15) is 5.75 Å². The molecule has 0 spiro atoms. The molecule has 2 fully saturated rings. The molecule has 0 bridgehead atoms. The van der Waals surface area contributed by atoms with Crippen LogP contribution in [0.3, 0.4) is 0 Å². The minimum Gasteiger partial charge on any atom is -0.497 e. The van der Waals surface area contributed by atoms with Crippen molar-refractivity contribution in [1.82, 2.24) is 9.80 Å². The number of amides is 2. The van der Waals surface area contributed by atoms with Crippen molar-refractivity contribution >= 4 is 11.8 Å². The number of rotatable bonds is 4. The van der Waals surface area contributed by atoms with Gasteiger partial charge in [-0.2, -0.15) is 0 Å². The van der Waals surface area contributed by atoms with Crippen LogP contribution in [0.5, 0.6) is 5.75 Å². The van der Waals surface area contributed by atoms with Crippen LogP contribution in [0, 0.1) is 5.92 Å². The topological polar surface area (TPSA) is 63.0 Å². The fourth-order valence-electron chi connectivity index (χ4n) is 4.32. The summed E-state index contributed by atoms with van der Waals surface area (Å²) in [7, 11) is 1.66. The monoisotopic (exact) mass is 382 g/mol. The average molecular weight is 382 g/mol. The molecule has 0 radical (unpaired) electrons. The third kappa shape index (κ3) is 3.63. The summed E-state index contributed by atoms with van der Waals surface area (Å²) in [5, 5.41) is 0. The van der Waals surface area contributed by atoms with Crippen LogP contribution >= 0.6 is 0 Å². The maximum absolute atomic E-state index is 13.2. The van der Waals surface area contributed by atoms with Crippen molar-refractivity contribution in [1.29, 1.82) is 0 Å². The Hall–Kier alpha value is -2.76. The fourth-order valence-corrected chi connectivity index (χ4v) is 4.32. The normalized spacial score (nSPS) is 20.4. The molecule has 0 aliphatic carbocycles. The number of hydrogen-bond acceptors (Lipinski definition) is 4. The fraction of sp³-hybridized carbons (Fsp3) is 0.455. The van der Waals surface area contributed by atoms with Gasteiger partial charge in [0.15, 0.2) is 5.76 Å². The van der Waals surface area contributed by atoms with Crippen molar-refractivity contribution in [3.8, 4) is 5.75 Å². The first-order valence-corrected chi connectivity index (χ1v) is 9.94. The van der Waals surface area contributed by atoms with Gasteiger partial charge in [-0.05, 0) is 55.5 Å². The standard InChI is InChI=1S/C22H26N2O4/c1-27-18-8-6-16(7-9-18)19-4-2-12-24(19)21(25)17-10-13-23(14-11-17)22(26)20-5-3-15-28-20/h3,5-9,15,17,19H,2,4,10-14H2,1H3. The number of carbonyl (C=O) groups excluding carboxylic acids is 2. The van der Waals surface area contributed by atoms with E-state index >= 15 is 0 Å². The van der Waals surface area contributed by atoms with E-state index in [4.69, 9.17) is 9.15 Å². The van der Waals surface area contributed by atoms with E-state index in [2.05, 4.69) is 12.1 Å². The van der Waals surface area contributed by atoms with Crippen molar-refractivity contribution < 1.29 is 18.7 Å². The summed E-state index contributed by atoms with van der Waals surface area (Å²) in [5.41, 5.74) is 1.16. The highest BCUT2D eigenvalue weighted by atomic mass is 16.5. The van der Waals surface area contributed by atoms with Gasteiger partial charge in [0.25, 0.3) is 5.91 Å². The number of furan rings is 1. The predicted octanol–water partition coefficient (Wildman–Crippen LogP) is 3.50. The number of piperidine rings is 1. The molecule has 0 saturated carbocycles. The summed E-state index contributed by atoms with van der Waals surface area (Å²) in [6.07, 6.45) is 4.94. The van der Waals surface area contributed by atoms with Crippen LogP contribution in [0.4, 0.5) is 0 Å². The van der Waals surface area contributed by atoms with Gasteiger partial charge in [-0.15, -0.1) is 0 Å². The van der Waals surface area contributed by atoms with Crippen LogP contribution in [0.15, 0.2) is 47.1 Å². The minimum atomic E-state index is -0.0896. The molecule has 2 aromatic rings. The summed E-state index contributed by atoms with van der Waals surface area (Å²) in [6, 6.07) is 11.6. The first-order chi connectivity index (χ1) is 13.7. The molecule has 148 valence electrons. The molecule has 6 nitrogen and oxygen atoms in total. The first-order valence-electron chi connectivity index (χ1n) is 9.94. The Morgan fingerprint density at radius 1 is 1.04 bits per heavy atom.